The first-order valence-corrected chi connectivity index (χ1v) is 4.95. The van der Waals surface area contributed by atoms with Crippen LogP contribution in [-0.4, -0.2) is 29.0 Å². The van der Waals surface area contributed by atoms with E-state index in [9.17, 15) is 9.18 Å². The quantitative estimate of drug-likeness (QED) is 0.675. The van der Waals surface area contributed by atoms with Gasteiger partial charge in [0.25, 0.3) is 0 Å². The minimum absolute atomic E-state index is 0.120. The van der Waals surface area contributed by atoms with Crippen LogP contribution < -0.4 is 0 Å². The molecular formula is C10H17FO3. The van der Waals surface area contributed by atoms with Crippen LogP contribution in [0.15, 0.2) is 0 Å². The zero-order valence-corrected chi connectivity index (χ0v) is 8.37. The summed E-state index contributed by atoms with van der Waals surface area (Å²) in [6, 6.07) is 0. The van der Waals surface area contributed by atoms with Crippen molar-refractivity contribution >= 4 is 5.78 Å². The van der Waals surface area contributed by atoms with Gasteiger partial charge in [-0.3, -0.25) is 9.18 Å². The minimum Gasteiger partial charge on any atom is -0.368 e. The SMILES string of the molecule is CC(=O)C1(CF)CCC(C(O)O)CC1. The number of hydrogen-bond acceptors (Lipinski definition) is 3. The lowest BCUT2D eigenvalue weighted by Crippen LogP contribution is -2.38. The maximum atomic E-state index is 12.8. The van der Waals surface area contributed by atoms with E-state index in [1.54, 1.807) is 0 Å². The Balaban J connectivity index is 2.59. The van der Waals surface area contributed by atoms with E-state index in [-0.39, 0.29) is 11.7 Å². The van der Waals surface area contributed by atoms with E-state index < -0.39 is 18.4 Å². The lowest BCUT2D eigenvalue weighted by molar-refractivity contribution is -0.136. The van der Waals surface area contributed by atoms with E-state index in [4.69, 9.17) is 10.2 Å². The van der Waals surface area contributed by atoms with Crippen LogP contribution >= 0.6 is 0 Å². The molecule has 2 N–H and O–H groups in total. The molecule has 0 saturated heterocycles. The van der Waals surface area contributed by atoms with Crippen molar-refractivity contribution in [3.8, 4) is 0 Å². The monoisotopic (exact) mass is 204 g/mol. The Kier molecular flexibility index (Phi) is 3.61. The Bertz CT molecular complexity index is 207. The van der Waals surface area contributed by atoms with Crippen molar-refractivity contribution in [3.05, 3.63) is 0 Å². The van der Waals surface area contributed by atoms with Crippen LogP contribution in [0.25, 0.3) is 0 Å². The zero-order chi connectivity index (χ0) is 10.8. The number of alkyl halides is 1. The average molecular weight is 204 g/mol. The third-order valence-electron chi connectivity index (χ3n) is 3.41. The standard InChI is InChI=1S/C10H17FO3/c1-7(12)10(6-11)4-2-8(3-5-10)9(13)14/h8-9,13-14H,2-6H2,1H3. The minimum atomic E-state index is -1.33. The number of halogens is 1. The molecule has 1 fully saturated rings. The first kappa shape index (κ1) is 11.6. The normalized spacial score (nSPS) is 33.4. The molecule has 1 aliphatic carbocycles. The van der Waals surface area contributed by atoms with E-state index in [0.717, 1.165) is 0 Å². The molecule has 0 bridgehead atoms. The number of carbonyl (C=O) groups is 1. The van der Waals surface area contributed by atoms with Gasteiger partial charge in [0.2, 0.25) is 0 Å². The van der Waals surface area contributed by atoms with Gasteiger partial charge in [-0.05, 0) is 32.6 Å². The molecule has 14 heavy (non-hydrogen) atoms. The first-order chi connectivity index (χ1) is 6.52. The van der Waals surface area contributed by atoms with Crippen molar-refractivity contribution in [1.29, 1.82) is 0 Å². The van der Waals surface area contributed by atoms with Gasteiger partial charge in [0.05, 0.1) is 5.41 Å². The van der Waals surface area contributed by atoms with Gasteiger partial charge in [-0.1, -0.05) is 0 Å². The van der Waals surface area contributed by atoms with Gasteiger partial charge in [-0.2, -0.15) is 0 Å². The highest BCUT2D eigenvalue weighted by Crippen LogP contribution is 2.40. The molecule has 0 amide bonds. The van der Waals surface area contributed by atoms with Crippen LogP contribution in [0.5, 0.6) is 0 Å². The molecule has 0 aliphatic heterocycles. The molecule has 0 atom stereocenters. The maximum Gasteiger partial charge on any atom is 0.154 e. The van der Waals surface area contributed by atoms with Gasteiger partial charge >= 0.3 is 0 Å². The van der Waals surface area contributed by atoms with Crippen LogP contribution in [0.1, 0.15) is 32.6 Å². The molecule has 1 saturated carbocycles. The van der Waals surface area contributed by atoms with Gasteiger partial charge in [-0.15, -0.1) is 0 Å². The van der Waals surface area contributed by atoms with Gasteiger partial charge < -0.3 is 10.2 Å². The predicted molar refractivity (Wildman–Crippen MR) is 49.3 cm³/mol. The van der Waals surface area contributed by atoms with E-state index >= 15 is 0 Å². The van der Waals surface area contributed by atoms with Crippen molar-refractivity contribution in [2.24, 2.45) is 11.3 Å². The summed E-state index contributed by atoms with van der Waals surface area (Å²) >= 11 is 0. The lowest BCUT2D eigenvalue weighted by Gasteiger charge is -2.36. The first-order valence-electron chi connectivity index (χ1n) is 4.95. The van der Waals surface area contributed by atoms with Gasteiger partial charge in [0.1, 0.15) is 12.5 Å². The summed E-state index contributed by atoms with van der Waals surface area (Å²) in [7, 11) is 0. The van der Waals surface area contributed by atoms with Crippen molar-refractivity contribution in [1.82, 2.24) is 0 Å². The van der Waals surface area contributed by atoms with Crippen LogP contribution in [0, 0.1) is 11.3 Å². The predicted octanol–water partition coefficient (Wildman–Crippen LogP) is 1.03. The number of rotatable bonds is 3. The van der Waals surface area contributed by atoms with E-state index in [2.05, 4.69) is 0 Å². The van der Waals surface area contributed by atoms with Gasteiger partial charge in [0.15, 0.2) is 6.29 Å². The third-order valence-corrected chi connectivity index (χ3v) is 3.41. The number of ketones is 1. The molecule has 0 heterocycles. The average Bonchev–Trinajstić information content (AvgIpc) is 2.17. The number of aliphatic hydroxyl groups is 2. The molecule has 82 valence electrons. The largest absolute Gasteiger partial charge is 0.368 e. The van der Waals surface area contributed by atoms with Crippen molar-refractivity contribution < 1.29 is 19.4 Å². The highest BCUT2D eigenvalue weighted by Gasteiger charge is 2.40. The molecule has 0 unspecified atom stereocenters. The molecule has 1 rings (SSSR count). The molecule has 0 aromatic carbocycles. The highest BCUT2D eigenvalue weighted by atomic mass is 19.1. The molecule has 0 radical (unpaired) electrons. The topological polar surface area (TPSA) is 57.5 Å². The Hall–Kier alpha value is -0.480. The second kappa shape index (κ2) is 4.36. The van der Waals surface area contributed by atoms with Crippen LogP contribution in [0.3, 0.4) is 0 Å². The Labute approximate surface area is 82.9 Å². The number of carbonyl (C=O) groups excluding carboxylic acids is 1. The fraction of sp³-hybridized carbons (Fsp3) is 0.900. The molecule has 4 heteroatoms. The van der Waals surface area contributed by atoms with E-state index in [0.29, 0.717) is 25.7 Å². The van der Waals surface area contributed by atoms with Crippen LogP contribution in [-0.2, 0) is 4.79 Å². The second-order valence-electron chi connectivity index (χ2n) is 4.22. The highest BCUT2D eigenvalue weighted by molar-refractivity contribution is 5.82. The molecule has 0 aromatic heterocycles. The number of hydrogen-bond donors (Lipinski definition) is 2. The zero-order valence-electron chi connectivity index (χ0n) is 8.37. The molecule has 0 aromatic rings. The van der Waals surface area contributed by atoms with Crippen molar-refractivity contribution in [2.45, 2.75) is 38.9 Å². The lowest BCUT2D eigenvalue weighted by atomic mass is 9.69. The van der Waals surface area contributed by atoms with E-state index in [1.165, 1.54) is 6.92 Å². The molecular weight excluding hydrogens is 187 g/mol. The van der Waals surface area contributed by atoms with Crippen molar-refractivity contribution in [3.63, 3.8) is 0 Å². The summed E-state index contributed by atoms with van der Waals surface area (Å²) < 4.78 is 12.8. The summed E-state index contributed by atoms with van der Waals surface area (Å²) in [6.45, 7) is 0.784. The summed E-state index contributed by atoms with van der Waals surface area (Å²) in [5.74, 6) is -0.320. The summed E-state index contributed by atoms with van der Waals surface area (Å²) in [6.07, 6.45) is 0.560. The van der Waals surface area contributed by atoms with Crippen molar-refractivity contribution in [2.75, 3.05) is 6.67 Å². The smallest absolute Gasteiger partial charge is 0.154 e. The van der Waals surface area contributed by atoms with Crippen LogP contribution in [0.2, 0.25) is 0 Å². The molecule has 0 spiro atoms. The Morgan fingerprint density at radius 2 is 2.00 bits per heavy atom. The fourth-order valence-electron chi connectivity index (χ4n) is 2.07. The summed E-state index contributed by atoms with van der Waals surface area (Å²) in [4.78, 5) is 11.3. The maximum absolute atomic E-state index is 12.8. The summed E-state index contributed by atoms with van der Waals surface area (Å²) in [5.41, 5.74) is -0.842. The number of Topliss-reactive ketones (excluding diaryl/α,β-unsaturated/α-hetero) is 1. The fourth-order valence-corrected chi connectivity index (χ4v) is 2.07. The Morgan fingerprint density at radius 1 is 1.50 bits per heavy atom. The van der Waals surface area contributed by atoms with Gasteiger partial charge in [0, 0.05) is 5.92 Å². The Morgan fingerprint density at radius 3 is 2.29 bits per heavy atom. The molecule has 3 nitrogen and oxygen atoms in total. The molecule has 1 aliphatic rings. The van der Waals surface area contributed by atoms with Gasteiger partial charge in [-0.25, -0.2) is 0 Å². The number of aliphatic hydroxyl groups excluding tert-OH is 1. The summed E-state index contributed by atoms with van der Waals surface area (Å²) in [5, 5.41) is 17.9. The third kappa shape index (κ3) is 2.12. The van der Waals surface area contributed by atoms with E-state index in [1.807, 2.05) is 0 Å². The van der Waals surface area contributed by atoms with Crippen LogP contribution in [0.4, 0.5) is 4.39 Å². The second-order valence-corrected chi connectivity index (χ2v) is 4.22.